The molecule has 3 aromatic rings. The van der Waals surface area contributed by atoms with Gasteiger partial charge in [-0.15, -0.1) is 8.78 Å². The molecule has 0 saturated heterocycles. The van der Waals surface area contributed by atoms with E-state index in [1.165, 1.54) is 12.1 Å². The first-order valence-electron chi connectivity index (χ1n) is 10.5. The second kappa shape index (κ2) is 9.78. The molecule has 7 nitrogen and oxygen atoms in total. The summed E-state index contributed by atoms with van der Waals surface area (Å²) in [6.45, 7) is 2.33. The first-order chi connectivity index (χ1) is 16.3. The number of rotatable bonds is 8. The molecule has 0 radical (unpaired) electrons. The summed E-state index contributed by atoms with van der Waals surface area (Å²) in [6.07, 6.45) is -3.69. The average molecular weight is 488 g/mol. The third-order valence-corrected chi connectivity index (χ3v) is 6.52. The second-order valence-electron chi connectivity index (χ2n) is 7.53. The molecule has 3 aromatic carbocycles. The summed E-state index contributed by atoms with van der Waals surface area (Å²) in [7, 11) is 0. The van der Waals surface area contributed by atoms with E-state index in [2.05, 4.69) is 20.1 Å². The smallest absolute Gasteiger partial charge is 0.586 e. The maximum absolute atomic E-state index is 13.4. The quantitative estimate of drug-likeness (QED) is 0.324. The van der Waals surface area contributed by atoms with E-state index >= 15 is 0 Å². The van der Waals surface area contributed by atoms with Crippen LogP contribution in [0, 0.1) is 0 Å². The van der Waals surface area contributed by atoms with Crippen molar-refractivity contribution in [1.82, 2.24) is 5.32 Å². The van der Waals surface area contributed by atoms with Crippen LogP contribution in [0.1, 0.15) is 28.4 Å². The minimum atomic E-state index is -3.69. The third-order valence-electron chi connectivity index (χ3n) is 5.19. The lowest BCUT2D eigenvalue weighted by molar-refractivity contribution is -0.286. The van der Waals surface area contributed by atoms with E-state index in [4.69, 9.17) is 5.73 Å². The summed E-state index contributed by atoms with van der Waals surface area (Å²) in [5.41, 5.74) is 8.70. The van der Waals surface area contributed by atoms with Crippen LogP contribution in [-0.2, 0) is 24.3 Å². The lowest BCUT2D eigenvalue weighted by Gasteiger charge is -2.13. The molecule has 10 heteroatoms. The van der Waals surface area contributed by atoms with Gasteiger partial charge in [0.15, 0.2) is 16.4 Å². The van der Waals surface area contributed by atoms with Crippen LogP contribution in [0.3, 0.4) is 0 Å². The number of nitrogens with one attached hydrogen (secondary N) is 2. The summed E-state index contributed by atoms with van der Waals surface area (Å²) in [5, 5.41) is 5.89. The van der Waals surface area contributed by atoms with Crippen LogP contribution in [0.25, 0.3) is 0 Å². The van der Waals surface area contributed by atoms with E-state index in [0.717, 1.165) is 10.5 Å². The van der Waals surface area contributed by atoms with E-state index in [9.17, 15) is 18.1 Å². The first-order valence-corrected chi connectivity index (χ1v) is 11.8. The number of carbonyl (C=O) groups excluding carboxylic acids is 1. The number of nitrogen functional groups attached to an aromatic ring is 1. The maximum Gasteiger partial charge on any atom is 0.586 e. The number of fused-ring (bicyclic) bond motifs is 1. The molecule has 0 fully saturated rings. The highest BCUT2D eigenvalue weighted by atomic mass is 32.2. The fourth-order valence-corrected chi connectivity index (χ4v) is 4.20. The van der Waals surface area contributed by atoms with E-state index in [0.29, 0.717) is 34.8 Å². The molecular formula is C24H23F2N3O4S. The Morgan fingerprint density at radius 2 is 1.85 bits per heavy atom. The molecule has 4 N–H and O–H groups in total. The summed E-state index contributed by atoms with van der Waals surface area (Å²) >= 11 is -1.02. The van der Waals surface area contributed by atoms with Gasteiger partial charge in [-0.05, 0) is 60.1 Å². The van der Waals surface area contributed by atoms with Crippen molar-refractivity contribution in [3.05, 3.63) is 77.4 Å². The van der Waals surface area contributed by atoms with Gasteiger partial charge in [0.1, 0.15) is 5.75 Å². The molecule has 1 heterocycles. The van der Waals surface area contributed by atoms with Crippen LogP contribution in [0.15, 0.2) is 65.6 Å². The topological polar surface area (TPSA) is 109 Å². The van der Waals surface area contributed by atoms with Crippen molar-refractivity contribution in [1.29, 1.82) is 0 Å². The Labute approximate surface area is 198 Å². The van der Waals surface area contributed by atoms with Gasteiger partial charge in [0.25, 0.3) is 5.91 Å². The normalized spacial score (nSPS) is 14.5. The number of benzene rings is 3. The highest BCUT2D eigenvalue weighted by Crippen LogP contribution is 2.43. The van der Waals surface area contributed by atoms with Crippen LogP contribution < -0.4 is 25.8 Å². The lowest BCUT2D eigenvalue weighted by atomic mass is 10.1. The Kier molecular flexibility index (Phi) is 6.80. The number of ether oxygens (including phenoxy) is 2. The molecule has 34 heavy (non-hydrogen) atoms. The molecule has 0 aliphatic carbocycles. The summed E-state index contributed by atoms with van der Waals surface area (Å²) in [5.74, 6) is 0.197. The second-order valence-corrected chi connectivity index (χ2v) is 9.27. The molecule has 1 aliphatic rings. The van der Waals surface area contributed by atoms with E-state index in [-0.39, 0.29) is 24.0 Å². The molecule has 1 amide bonds. The van der Waals surface area contributed by atoms with Crippen LogP contribution >= 0.6 is 0 Å². The van der Waals surface area contributed by atoms with Crippen molar-refractivity contribution >= 4 is 28.5 Å². The fourth-order valence-electron chi connectivity index (χ4n) is 3.43. The average Bonchev–Trinajstić information content (AvgIpc) is 3.16. The van der Waals surface area contributed by atoms with E-state index < -0.39 is 17.5 Å². The first kappa shape index (κ1) is 23.7. The predicted octanol–water partition coefficient (Wildman–Crippen LogP) is 4.26. The largest absolute Gasteiger partial charge is 0.611 e. The highest BCUT2D eigenvalue weighted by molar-refractivity contribution is 7.91. The zero-order valence-corrected chi connectivity index (χ0v) is 19.1. The van der Waals surface area contributed by atoms with Gasteiger partial charge < -0.3 is 30.4 Å². The molecule has 1 aliphatic heterocycles. The molecule has 178 valence electrons. The third kappa shape index (κ3) is 5.35. The number of halogens is 2. The molecular weight excluding hydrogens is 464 g/mol. The van der Waals surface area contributed by atoms with Crippen LogP contribution in [-0.4, -0.2) is 22.5 Å². The Bertz CT molecular complexity index is 1190. The number of carbonyl (C=O) groups is 1. The Morgan fingerprint density at radius 1 is 1.09 bits per heavy atom. The van der Waals surface area contributed by atoms with E-state index in [1.807, 2.05) is 19.1 Å². The minimum absolute atomic E-state index is 0.0245. The standard InChI is InChI=1S/C24H23F2N3O4S/c1-2-34(31)18-9-6-15(7-10-18)13-29-23(30)16-8-11-20(19(27)12-16)28-14-17-4-3-5-21-22(17)33-24(25,26)32-21/h3-12,28H,2,13-14,27H2,1H3,(H,29,30). The number of alkyl halides is 2. The lowest BCUT2D eigenvalue weighted by Crippen LogP contribution is -2.26. The van der Waals surface area contributed by atoms with Crippen molar-refractivity contribution in [3.8, 4) is 11.5 Å². The number of hydrogen-bond acceptors (Lipinski definition) is 6. The highest BCUT2D eigenvalue weighted by Gasteiger charge is 2.44. The molecule has 1 unspecified atom stereocenters. The van der Waals surface area contributed by atoms with Gasteiger partial charge in [-0.25, -0.2) is 0 Å². The predicted molar refractivity (Wildman–Crippen MR) is 125 cm³/mol. The zero-order chi connectivity index (χ0) is 24.3. The van der Waals surface area contributed by atoms with Gasteiger partial charge in [0, 0.05) is 24.2 Å². The number of amides is 1. The van der Waals surface area contributed by atoms with Crippen LogP contribution in [0.4, 0.5) is 20.2 Å². The number of anilines is 2. The monoisotopic (exact) mass is 487 g/mol. The van der Waals surface area contributed by atoms with Gasteiger partial charge >= 0.3 is 6.29 Å². The van der Waals surface area contributed by atoms with E-state index in [1.54, 1.807) is 36.4 Å². The van der Waals surface area contributed by atoms with Crippen LogP contribution in [0.2, 0.25) is 0 Å². The molecule has 0 saturated carbocycles. The van der Waals surface area contributed by atoms with Crippen molar-refractivity contribution in [2.45, 2.75) is 31.2 Å². The van der Waals surface area contributed by atoms with Crippen molar-refractivity contribution in [3.63, 3.8) is 0 Å². The Hall–Kier alpha value is -3.50. The van der Waals surface area contributed by atoms with Crippen LogP contribution in [0.5, 0.6) is 11.5 Å². The zero-order valence-electron chi connectivity index (χ0n) is 18.3. The van der Waals surface area contributed by atoms with Crippen molar-refractivity contribution in [2.75, 3.05) is 16.8 Å². The number of nitrogens with two attached hydrogens (primary N) is 1. The van der Waals surface area contributed by atoms with Crippen molar-refractivity contribution in [2.24, 2.45) is 0 Å². The van der Waals surface area contributed by atoms with Gasteiger partial charge in [0.2, 0.25) is 0 Å². The summed E-state index contributed by atoms with van der Waals surface area (Å²) < 4.78 is 47.6. The van der Waals surface area contributed by atoms with Crippen molar-refractivity contribution < 1.29 is 27.6 Å². The van der Waals surface area contributed by atoms with Gasteiger partial charge in [-0.1, -0.05) is 24.3 Å². The Balaban J connectivity index is 1.35. The minimum Gasteiger partial charge on any atom is -0.611 e. The SMILES string of the molecule is CC[S+]([O-])c1ccc(CNC(=O)c2ccc(NCc3cccc4c3OC(F)(F)O4)c(N)c2)cc1. The summed E-state index contributed by atoms with van der Waals surface area (Å²) in [4.78, 5) is 13.3. The van der Waals surface area contributed by atoms with Gasteiger partial charge in [-0.3, -0.25) is 4.79 Å². The fraction of sp³-hybridized carbons (Fsp3) is 0.208. The molecule has 1 atom stereocenters. The van der Waals surface area contributed by atoms with Gasteiger partial charge in [0.05, 0.1) is 11.4 Å². The maximum atomic E-state index is 13.4. The molecule has 0 aromatic heterocycles. The van der Waals surface area contributed by atoms with Gasteiger partial charge in [-0.2, -0.15) is 0 Å². The number of para-hydroxylation sites is 1. The summed E-state index contributed by atoms with van der Waals surface area (Å²) in [6, 6.07) is 16.7. The molecule has 4 rings (SSSR count). The number of hydrogen-bond donors (Lipinski definition) is 3. The molecule has 0 bridgehead atoms. The Morgan fingerprint density at radius 3 is 2.56 bits per heavy atom. The molecule has 0 spiro atoms.